The van der Waals surface area contributed by atoms with E-state index in [2.05, 4.69) is 26.1 Å². The number of aromatic amines is 1. The van der Waals surface area contributed by atoms with Crippen molar-refractivity contribution in [3.8, 4) is 5.75 Å². The first-order valence-electron chi connectivity index (χ1n) is 8.14. The quantitative estimate of drug-likeness (QED) is 0.794. The monoisotopic (exact) mass is 334 g/mol. The zero-order chi connectivity index (χ0) is 17.2. The predicted octanol–water partition coefficient (Wildman–Crippen LogP) is 2.57. The van der Waals surface area contributed by atoms with E-state index in [1.807, 2.05) is 31.2 Å². The van der Waals surface area contributed by atoms with Crippen LogP contribution in [0.15, 0.2) is 53.7 Å². The number of pyridine rings is 1. The lowest BCUT2D eigenvalue weighted by molar-refractivity contribution is 0.303. The fourth-order valence-electron chi connectivity index (χ4n) is 3.10. The average Bonchev–Trinajstić information content (AvgIpc) is 3.07. The van der Waals surface area contributed by atoms with Gasteiger partial charge in [0.1, 0.15) is 12.4 Å². The van der Waals surface area contributed by atoms with E-state index in [0.717, 1.165) is 29.1 Å². The molecule has 0 unspecified atom stereocenters. The van der Waals surface area contributed by atoms with Crippen LogP contribution in [-0.4, -0.2) is 15.2 Å². The van der Waals surface area contributed by atoms with Gasteiger partial charge in [-0.1, -0.05) is 12.1 Å². The van der Waals surface area contributed by atoms with Gasteiger partial charge in [0.25, 0.3) is 5.56 Å². The highest BCUT2D eigenvalue weighted by atomic mass is 16.5. The van der Waals surface area contributed by atoms with Gasteiger partial charge in [-0.15, -0.1) is 0 Å². The predicted molar refractivity (Wildman–Crippen MR) is 94.5 cm³/mol. The van der Waals surface area contributed by atoms with Gasteiger partial charge in [-0.25, -0.2) is 5.10 Å². The molecular weight excluding hydrogens is 316 g/mol. The molecule has 25 heavy (non-hydrogen) atoms. The third kappa shape index (κ3) is 2.98. The molecule has 4 rings (SSSR count). The maximum absolute atomic E-state index is 11.8. The molecule has 0 aliphatic carbocycles. The Hall–Kier alpha value is -3.15. The highest BCUT2D eigenvalue weighted by Gasteiger charge is 2.24. The van der Waals surface area contributed by atoms with Crippen molar-refractivity contribution in [2.24, 2.45) is 0 Å². The summed E-state index contributed by atoms with van der Waals surface area (Å²) < 4.78 is 6.04. The van der Waals surface area contributed by atoms with Gasteiger partial charge in [-0.3, -0.25) is 9.78 Å². The Morgan fingerprint density at radius 1 is 1.20 bits per heavy atom. The summed E-state index contributed by atoms with van der Waals surface area (Å²) >= 11 is 0. The standard InChI is InChI=1S/C19H18N4O2/c1-13-17(9-21-22-19(13)24)23-10-15-3-2-4-18(16(15)11-23)25-12-14-5-7-20-8-6-14/h2-9H,10-12H2,1H3,(H,22,24). The summed E-state index contributed by atoms with van der Waals surface area (Å²) in [4.78, 5) is 18.0. The Balaban J connectivity index is 1.57. The number of nitrogens with one attached hydrogen (secondary N) is 1. The number of nitrogens with zero attached hydrogens (tertiary/aromatic N) is 3. The van der Waals surface area contributed by atoms with Crippen LogP contribution in [0.1, 0.15) is 22.3 Å². The van der Waals surface area contributed by atoms with Crippen molar-refractivity contribution in [2.45, 2.75) is 26.6 Å². The van der Waals surface area contributed by atoms with Crippen molar-refractivity contribution in [3.63, 3.8) is 0 Å². The maximum atomic E-state index is 11.8. The number of hydrogen-bond acceptors (Lipinski definition) is 5. The Labute approximate surface area is 145 Å². The molecule has 1 aliphatic heterocycles. The van der Waals surface area contributed by atoms with E-state index in [1.165, 1.54) is 5.56 Å². The van der Waals surface area contributed by atoms with Crippen LogP contribution in [0.3, 0.4) is 0 Å². The fourth-order valence-corrected chi connectivity index (χ4v) is 3.10. The average molecular weight is 334 g/mol. The first kappa shape index (κ1) is 15.4. The third-order valence-electron chi connectivity index (χ3n) is 4.50. The Morgan fingerprint density at radius 3 is 2.88 bits per heavy atom. The molecule has 0 radical (unpaired) electrons. The smallest absolute Gasteiger partial charge is 0.269 e. The Bertz CT molecular complexity index is 953. The first-order chi connectivity index (χ1) is 12.2. The summed E-state index contributed by atoms with van der Waals surface area (Å²) in [7, 11) is 0. The lowest BCUT2D eigenvalue weighted by Gasteiger charge is -2.18. The summed E-state index contributed by atoms with van der Waals surface area (Å²) in [5, 5.41) is 6.41. The van der Waals surface area contributed by atoms with E-state index in [4.69, 9.17) is 4.74 Å². The second-order valence-electron chi connectivity index (χ2n) is 6.10. The van der Waals surface area contributed by atoms with Crippen LogP contribution < -0.4 is 15.2 Å². The van der Waals surface area contributed by atoms with Crippen LogP contribution in [0.4, 0.5) is 5.69 Å². The number of H-pyrrole nitrogens is 1. The molecular formula is C19H18N4O2. The number of ether oxygens (including phenoxy) is 1. The van der Waals surface area contributed by atoms with Crippen molar-refractivity contribution in [1.82, 2.24) is 15.2 Å². The molecule has 6 heteroatoms. The molecule has 3 aromatic rings. The molecule has 0 spiro atoms. The molecule has 2 aromatic heterocycles. The molecule has 1 aliphatic rings. The van der Waals surface area contributed by atoms with Gasteiger partial charge in [0.15, 0.2) is 0 Å². The van der Waals surface area contributed by atoms with Gasteiger partial charge in [0.05, 0.1) is 11.9 Å². The largest absolute Gasteiger partial charge is 0.489 e. The number of rotatable bonds is 4. The zero-order valence-electron chi connectivity index (χ0n) is 13.9. The van der Waals surface area contributed by atoms with Crippen LogP contribution in [0.5, 0.6) is 5.75 Å². The molecule has 6 nitrogen and oxygen atoms in total. The molecule has 0 saturated carbocycles. The van der Waals surface area contributed by atoms with Gasteiger partial charge in [0.2, 0.25) is 0 Å². The van der Waals surface area contributed by atoms with Crippen LogP contribution in [0, 0.1) is 6.92 Å². The normalized spacial score (nSPS) is 12.9. The van der Waals surface area contributed by atoms with Crippen molar-refractivity contribution in [2.75, 3.05) is 4.90 Å². The molecule has 1 N–H and O–H groups in total. The second-order valence-corrected chi connectivity index (χ2v) is 6.10. The highest BCUT2D eigenvalue weighted by Crippen LogP contribution is 2.34. The highest BCUT2D eigenvalue weighted by molar-refractivity contribution is 5.57. The summed E-state index contributed by atoms with van der Waals surface area (Å²) in [5.74, 6) is 0.882. The number of hydrogen-bond donors (Lipinski definition) is 1. The van der Waals surface area contributed by atoms with E-state index in [0.29, 0.717) is 18.7 Å². The van der Waals surface area contributed by atoms with E-state index >= 15 is 0 Å². The van der Waals surface area contributed by atoms with Crippen LogP contribution >= 0.6 is 0 Å². The van der Waals surface area contributed by atoms with Crippen molar-refractivity contribution < 1.29 is 4.74 Å². The van der Waals surface area contributed by atoms with Crippen LogP contribution in [0.2, 0.25) is 0 Å². The van der Waals surface area contributed by atoms with Crippen molar-refractivity contribution in [1.29, 1.82) is 0 Å². The number of fused-ring (bicyclic) bond motifs is 1. The van der Waals surface area contributed by atoms with Gasteiger partial charge in [0, 0.05) is 36.6 Å². The van der Waals surface area contributed by atoms with Gasteiger partial charge >= 0.3 is 0 Å². The molecule has 126 valence electrons. The molecule has 0 saturated heterocycles. The van der Waals surface area contributed by atoms with E-state index < -0.39 is 0 Å². The number of anilines is 1. The van der Waals surface area contributed by atoms with Gasteiger partial charge in [-0.2, -0.15) is 5.10 Å². The molecule has 3 heterocycles. The minimum atomic E-state index is -0.150. The van der Waals surface area contributed by atoms with E-state index in [9.17, 15) is 4.79 Å². The Morgan fingerprint density at radius 2 is 2.04 bits per heavy atom. The minimum Gasteiger partial charge on any atom is -0.489 e. The molecule has 0 amide bonds. The fraction of sp³-hybridized carbons (Fsp3) is 0.211. The summed E-state index contributed by atoms with van der Waals surface area (Å²) in [6, 6.07) is 9.99. The van der Waals surface area contributed by atoms with E-state index in [-0.39, 0.29) is 5.56 Å². The zero-order valence-corrected chi connectivity index (χ0v) is 13.9. The Kier molecular flexibility index (Phi) is 3.93. The molecule has 0 atom stereocenters. The lowest BCUT2D eigenvalue weighted by atomic mass is 10.1. The van der Waals surface area contributed by atoms with Gasteiger partial charge < -0.3 is 9.64 Å². The maximum Gasteiger partial charge on any atom is 0.269 e. The minimum absolute atomic E-state index is 0.150. The molecule has 0 bridgehead atoms. The number of benzene rings is 1. The summed E-state index contributed by atoms with van der Waals surface area (Å²) in [5.41, 5.74) is 4.85. The van der Waals surface area contributed by atoms with E-state index in [1.54, 1.807) is 18.6 Å². The van der Waals surface area contributed by atoms with Crippen molar-refractivity contribution in [3.05, 3.63) is 81.5 Å². The topological polar surface area (TPSA) is 71.1 Å². The van der Waals surface area contributed by atoms with Gasteiger partial charge in [-0.05, 0) is 36.2 Å². The van der Waals surface area contributed by atoms with Crippen LogP contribution in [-0.2, 0) is 19.7 Å². The summed E-state index contributed by atoms with van der Waals surface area (Å²) in [6.45, 7) is 3.77. The van der Waals surface area contributed by atoms with Crippen molar-refractivity contribution >= 4 is 5.69 Å². The molecule has 1 aromatic carbocycles. The first-order valence-corrected chi connectivity index (χ1v) is 8.14. The van der Waals surface area contributed by atoms with Crippen LogP contribution in [0.25, 0.3) is 0 Å². The lowest BCUT2D eigenvalue weighted by Crippen LogP contribution is -2.21. The SMILES string of the molecule is Cc1c(N2Cc3cccc(OCc4ccncc4)c3C2)cn[nH]c1=O. The number of aromatic nitrogens is 3. The molecule has 0 fully saturated rings. The third-order valence-corrected chi connectivity index (χ3v) is 4.50. The second kappa shape index (κ2) is 6.39. The summed E-state index contributed by atoms with van der Waals surface area (Å²) in [6.07, 6.45) is 5.23.